The molecule has 3 nitrogen and oxygen atoms in total. The molecule has 4 heteroatoms. The first-order valence-electron chi connectivity index (χ1n) is 7.41. The van der Waals surface area contributed by atoms with Crippen molar-refractivity contribution >= 4 is 17.7 Å². The summed E-state index contributed by atoms with van der Waals surface area (Å²) in [5.74, 6) is 0.913. The maximum atomic E-state index is 10.8. The molecular formula is C16H21NO2S. The number of carboxylic acid groups (broad SMARTS) is 1. The van der Waals surface area contributed by atoms with Gasteiger partial charge < -0.3 is 5.11 Å². The summed E-state index contributed by atoms with van der Waals surface area (Å²) in [6.07, 6.45) is 3.60. The molecule has 2 aliphatic heterocycles. The van der Waals surface area contributed by atoms with Crippen LogP contribution >= 0.6 is 11.8 Å². The van der Waals surface area contributed by atoms with E-state index in [4.69, 9.17) is 5.11 Å². The summed E-state index contributed by atoms with van der Waals surface area (Å²) in [5, 5.41) is 8.89. The highest BCUT2D eigenvalue weighted by atomic mass is 32.2. The van der Waals surface area contributed by atoms with Gasteiger partial charge in [0.2, 0.25) is 0 Å². The molecule has 1 saturated heterocycles. The van der Waals surface area contributed by atoms with Gasteiger partial charge in [0.15, 0.2) is 0 Å². The molecule has 2 aliphatic rings. The van der Waals surface area contributed by atoms with Crippen molar-refractivity contribution < 1.29 is 9.90 Å². The summed E-state index contributed by atoms with van der Waals surface area (Å²) in [4.78, 5) is 14.8. The second kappa shape index (κ2) is 6.19. The lowest BCUT2D eigenvalue weighted by Gasteiger charge is -2.39. The lowest BCUT2D eigenvalue weighted by Crippen LogP contribution is -2.38. The smallest absolute Gasteiger partial charge is 0.303 e. The zero-order valence-corrected chi connectivity index (χ0v) is 12.4. The van der Waals surface area contributed by atoms with Gasteiger partial charge in [0.25, 0.3) is 0 Å². The predicted octanol–water partition coefficient (Wildman–Crippen LogP) is 3.41. The fourth-order valence-corrected chi connectivity index (χ4v) is 4.52. The van der Waals surface area contributed by atoms with E-state index in [1.165, 1.54) is 22.6 Å². The Kier molecular flexibility index (Phi) is 4.32. The van der Waals surface area contributed by atoms with E-state index in [1.54, 1.807) is 0 Å². The van der Waals surface area contributed by atoms with Crippen LogP contribution in [0.4, 0.5) is 0 Å². The Morgan fingerprint density at radius 2 is 2.00 bits per heavy atom. The van der Waals surface area contributed by atoms with Gasteiger partial charge in [-0.15, -0.1) is 11.8 Å². The molecule has 1 aromatic carbocycles. The third kappa shape index (κ3) is 3.01. The van der Waals surface area contributed by atoms with E-state index in [1.807, 2.05) is 11.8 Å². The third-order valence-corrected chi connectivity index (χ3v) is 5.60. The molecule has 1 unspecified atom stereocenters. The summed E-state index contributed by atoms with van der Waals surface area (Å²) < 4.78 is 0. The largest absolute Gasteiger partial charge is 0.481 e. The number of hydrogen-bond donors (Lipinski definition) is 1. The van der Waals surface area contributed by atoms with Gasteiger partial charge in [-0.2, -0.15) is 0 Å². The molecule has 0 amide bonds. The van der Waals surface area contributed by atoms with Gasteiger partial charge in [-0.1, -0.05) is 18.2 Å². The van der Waals surface area contributed by atoms with Crippen molar-refractivity contribution in [3.05, 3.63) is 29.8 Å². The van der Waals surface area contributed by atoms with Crippen molar-refractivity contribution in [2.24, 2.45) is 5.92 Å². The van der Waals surface area contributed by atoms with Crippen LogP contribution in [0.1, 0.15) is 37.3 Å². The first-order chi connectivity index (χ1) is 9.74. The maximum absolute atomic E-state index is 10.8. The number of carbonyl (C=O) groups is 1. The number of benzene rings is 1. The summed E-state index contributed by atoms with van der Waals surface area (Å²) >= 11 is 1.96. The molecule has 0 aliphatic carbocycles. The fraction of sp³-hybridized carbons (Fsp3) is 0.562. The Bertz CT molecular complexity index is 483. The topological polar surface area (TPSA) is 40.5 Å². The Morgan fingerprint density at radius 1 is 1.25 bits per heavy atom. The van der Waals surface area contributed by atoms with E-state index in [0.29, 0.717) is 18.4 Å². The highest BCUT2D eigenvalue weighted by molar-refractivity contribution is 7.99. The van der Waals surface area contributed by atoms with Gasteiger partial charge in [-0.05, 0) is 55.7 Å². The average molecular weight is 291 g/mol. The number of piperidine rings is 1. The molecule has 0 spiro atoms. The van der Waals surface area contributed by atoms with Gasteiger partial charge in [0.05, 0.1) is 0 Å². The molecule has 1 atom stereocenters. The summed E-state index contributed by atoms with van der Waals surface area (Å²) in [7, 11) is 0. The second-order valence-electron chi connectivity index (χ2n) is 5.77. The molecule has 2 heterocycles. The standard InChI is InChI=1S/C16H21NO2S/c18-16(19)11-12-5-8-17(9-6-12)14-7-10-20-15-4-2-1-3-13(14)15/h1-4,12,14H,5-11H2,(H,18,19). The van der Waals surface area contributed by atoms with E-state index in [0.717, 1.165) is 25.9 Å². The van der Waals surface area contributed by atoms with Crippen molar-refractivity contribution in [3.8, 4) is 0 Å². The van der Waals surface area contributed by atoms with E-state index in [2.05, 4.69) is 29.2 Å². The van der Waals surface area contributed by atoms with E-state index >= 15 is 0 Å². The Hall–Kier alpha value is -1.00. The molecule has 0 aromatic heterocycles. The summed E-state index contributed by atoms with van der Waals surface area (Å²) in [5.41, 5.74) is 1.47. The lowest BCUT2D eigenvalue weighted by molar-refractivity contribution is -0.138. The van der Waals surface area contributed by atoms with Crippen molar-refractivity contribution in [3.63, 3.8) is 0 Å². The van der Waals surface area contributed by atoms with Crippen LogP contribution in [0.5, 0.6) is 0 Å². The molecule has 1 fully saturated rings. The van der Waals surface area contributed by atoms with Gasteiger partial charge in [0, 0.05) is 17.4 Å². The molecule has 0 bridgehead atoms. The number of fused-ring (bicyclic) bond motifs is 1. The first kappa shape index (κ1) is 14.0. The van der Waals surface area contributed by atoms with Crippen LogP contribution < -0.4 is 0 Å². The summed E-state index contributed by atoms with van der Waals surface area (Å²) in [6.45, 7) is 2.09. The highest BCUT2D eigenvalue weighted by Crippen LogP contribution is 2.40. The van der Waals surface area contributed by atoms with Gasteiger partial charge >= 0.3 is 5.97 Å². The molecule has 3 rings (SSSR count). The highest BCUT2D eigenvalue weighted by Gasteiger charge is 2.29. The van der Waals surface area contributed by atoms with Crippen LogP contribution in [0, 0.1) is 5.92 Å². The van der Waals surface area contributed by atoms with Crippen LogP contribution in [0.15, 0.2) is 29.2 Å². The Morgan fingerprint density at radius 3 is 2.75 bits per heavy atom. The van der Waals surface area contributed by atoms with Gasteiger partial charge in [0.1, 0.15) is 0 Å². The minimum absolute atomic E-state index is 0.338. The molecule has 108 valence electrons. The number of carboxylic acids is 1. The molecule has 0 radical (unpaired) electrons. The number of aliphatic carboxylic acids is 1. The Balaban J connectivity index is 1.66. The molecule has 20 heavy (non-hydrogen) atoms. The number of hydrogen-bond acceptors (Lipinski definition) is 3. The predicted molar refractivity (Wildman–Crippen MR) is 81.1 cm³/mol. The zero-order valence-electron chi connectivity index (χ0n) is 11.6. The lowest BCUT2D eigenvalue weighted by atomic mass is 9.91. The van der Waals surface area contributed by atoms with Crippen LogP contribution in [-0.4, -0.2) is 34.8 Å². The minimum atomic E-state index is -0.650. The molecule has 1 aromatic rings. The van der Waals surface area contributed by atoms with Gasteiger partial charge in [-0.3, -0.25) is 9.69 Å². The second-order valence-corrected chi connectivity index (χ2v) is 6.90. The SMILES string of the molecule is O=C(O)CC1CCN(C2CCSc3ccccc32)CC1. The van der Waals surface area contributed by atoms with Crippen molar-refractivity contribution in [2.45, 2.75) is 36.6 Å². The number of rotatable bonds is 3. The van der Waals surface area contributed by atoms with Crippen LogP contribution in [0.2, 0.25) is 0 Å². The molecular weight excluding hydrogens is 270 g/mol. The fourth-order valence-electron chi connectivity index (χ4n) is 3.42. The van der Waals surface area contributed by atoms with E-state index in [9.17, 15) is 4.79 Å². The Labute approximate surface area is 124 Å². The van der Waals surface area contributed by atoms with Crippen LogP contribution in [0.3, 0.4) is 0 Å². The van der Waals surface area contributed by atoms with Crippen molar-refractivity contribution in [2.75, 3.05) is 18.8 Å². The van der Waals surface area contributed by atoms with Gasteiger partial charge in [-0.25, -0.2) is 0 Å². The number of nitrogens with zero attached hydrogens (tertiary/aromatic N) is 1. The van der Waals surface area contributed by atoms with E-state index in [-0.39, 0.29) is 0 Å². The molecule has 1 N–H and O–H groups in total. The summed E-state index contributed by atoms with van der Waals surface area (Å²) in [6, 6.07) is 9.28. The van der Waals surface area contributed by atoms with E-state index < -0.39 is 5.97 Å². The number of likely N-dealkylation sites (tertiary alicyclic amines) is 1. The quantitative estimate of drug-likeness (QED) is 0.926. The van der Waals surface area contributed by atoms with Crippen molar-refractivity contribution in [1.82, 2.24) is 4.90 Å². The first-order valence-corrected chi connectivity index (χ1v) is 8.40. The van der Waals surface area contributed by atoms with Crippen LogP contribution in [0.25, 0.3) is 0 Å². The third-order valence-electron chi connectivity index (χ3n) is 4.48. The normalized spacial score (nSPS) is 24.3. The average Bonchev–Trinajstić information content (AvgIpc) is 2.47. The van der Waals surface area contributed by atoms with Crippen LogP contribution in [-0.2, 0) is 4.79 Å². The zero-order chi connectivity index (χ0) is 13.9. The monoisotopic (exact) mass is 291 g/mol. The molecule has 0 saturated carbocycles. The number of thioether (sulfide) groups is 1. The minimum Gasteiger partial charge on any atom is -0.481 e. The maximum Gasteiger partial charge on any atom is 0.303 e. The van der Waals surface area contributed by atoms with Crippen molar-refractivity contribution in [1.29, 1.82) is 0 Å².